The molecule has 0 radical (unpaired) electrons. The van der Waals surface area contributed by atoms with Crippen LogP contribution in [0.5, 0.6) is 5.75 Å². The van der Waals surface area contributed by atoms with E-state index in [9.17, 15) is 4.79 Å². The van der Waals surface area contributed by atoms with Gasteiger partial charge in [0.05, 0.1) is 6.21 Å². The Kier molecular flexibility index (Phi) is 7.21. The van der Waals surface area contributed by atoms with Gasteiger partial charge in [0.1, 0.15) is 12.4 Å². The molecule has 0 aliphatic rings. The number of nitrogens with one attached hydrogen (secondary N) is 1. The van der Waals surface area contributed by atoms with Crippen molar-refractivity contribution in [3.63, 3.8) is 0 Å². The number of aryl methyl sites for hydroxylation is 1. The lowest BCUT2D eigenvalue weighted by atomic mass is 10.1. The van der Waals surface area contributed by atoms with Crippen molar-refractivity contribution in [3.8, 4) is 5.75 Å². The smallest absolute Gasteiger partial charge is 0.240 e. The zero-order valence-electron chi connectivity index (χ0n) is 15.3. The second kappa shape index (κ2) is 10.3. The minimum absolute atomic E-state index is 0.116. The van der Waals surface area contributed by atoms with E-state index in [-0.39, 0.29) is 5.91 Å². The number of hydrogen-bond donors (Lipinski definition) is 1. The van der Waals surface area contributed by atoms with Crippen LogP contribution in [-0.4, -0.2) is 12.1 Å². The van der Waals surface area contributed by atoms with Crippen LogP contribution in [0.2, 0.25) is 5.02 Å². The van der Waals surface area contributed by atoms with Crippen molar-refractivity contribution < 1.29 is 9.53 Å². The average Bonchev–Trinajstić information content (AvgIpc) is 2.73. The topological polar surface area (TPSA) is 50.7 Å². The molecule has 0 atom stereocenters. The first kappa shape index (κ1) is 19.6. The molecule has 0 spiro atoms. The third kappa shape index (κ3) is 6.56. The van der Waals surface area contributed by atoms with Crippen molar-refractivity contribution >= 4 is 23.7 Å². The molecule has 0 aromatic heterocycles. The predicted molar refractivity (Wildman–Crippen MR) is 113 cm³/mol. The Morgan fingerprint density at radius 2 is 1.75 bits per heavy atom. The van der Waals surface area contributed by atoms with Gasteiger partial charge in [0, 0.05) is 11.4 Å². The number of hydrazone groups is 1. The van der Waals surface area contributed by atoms with E-state index in [0.717, 1.165) is 22.4 Å². The average molecular weight is 393 g/mol. The molecule has 0 bridgehead atoms. The summed E-state index contributed by atoms with van der Waals surface area (Å²) in [5.41, 5.74) is 5.57. The molecule has 1 N–H and O–H groups in total. The fourth-order valence-corrected chi connectivity index (χ4v) is 2.70. The van der Waals surface area contributed by atoms with Crippen molar-refractivity contribution in [2.24, 2.45) is 5.10 Å². The van der Waals surface area contributed by atoms with Gasteiger partial charge in [-0.3, -0.25) is 4.79 Å². The highest BCUT2D eigenvalue weighted by molar-refractivity contribution is 6.30. The van der Waals surface area contributed by atoms with Crippen molar-refractivity contribution in [1.29, 1.82) is 0 Å². The third-order valence-corrected chi connectivity index (χ3v) is 4.32. The summed E-state index contributed by atoms with van der Waals surface area (Å²) in [7, 11) is 0. The normalized spacial score (nSPS) is 10.8. The Morgan fingerprint density at radius 3 is 2.54 bits per heavy atom. The molecule has 0 heterocycles. The maximum Gasteiger partial charge on any atom is 0.240 e. The molecule has 0 fully saturated rings. The van der Waals surface area contributed by atoms with E-state index in [2.05, 4.69) is 10.5 Å². The number of rotatable bonds is 8. The molecular weight excluding hydrogens is 372 g/mol. The minimum Gasteiger partial charge on any atom is -0.489 e. The SMILES string of the molecule is O=C(CCc1ccccc1)N/N=C\c1cccc(OCc2ccc(Cl)cc2)c1. The Labute approximate surface area is 169 Å². The summed E-state index contributed by atoms with van der Waals surface area (Å²) < 4.78 is 5.80. The van der Waals surface area contributed by atoms with Gasteiger partial charge in [0.15, 0.2) is 0 Å². The molecule has 3 aromatic carbocycles. The van der Waals surface area contributed by atoms with Crippen molar-refractivity contribution in [1.82, 2.24) is 5.43 Å². The fraction of sp³-hybridized carbons (Fsp3) is 0.130. The lowest BCUT2D eigenvalue weighted by Gasteiger charge is -2.07. The number of hydrogen-bond acceptors (Lipinski definition) is 3. The van der Waals surface area contributed by atoms with Crippen LogP contribution in [0.25, 0.3) is 0 Å². The number of benzene rings is 3. The predicted octanol–water partition coefficient (Wildman–Crippen LogP) is 5.00. The lowest BCUT2D eigenvalue weighted by Crippen LogP contribution is -2.17. The van der Waals surface area contributed by atoms with Gasteiger partial charge in [-0.05, 0) is 47.4 Å². The summed E-state index contributed by atoms with van der Waals surface area (Å²) in [5.74, 6) is 0.615. The molecule has 0 aliphatic carbocycles. The first-order valence-corrected chi connectivity index (χ1v) is 9.40. The van der Waals surface area contributed by atoms with E-state index in [4.69, 9.17) is 16.3 Å². The second-order valence-corrected chi connectivity index (χ2v) is 6.70. The molecular formula is C23H21ClN2O2. The highest BCUT2D eigenvalue weighted by atomic mass is 35.5. The molecule has 28 heavy (non-hydrogen) atoms. The van der Waals surface area contributed by atoms with E-state index in [1.54, 1.807) is 6.21 Å². The number of nitrogens with zero attached hydrogens (tertiary/aromatic N) is 1. The minimum atomic E-state index is -0.116. The summed E-state index contributed by atoms with van der Waals surface area (Å²) in [5, 5.41) is 4.73. The van der Waals surface area contributed by atoms with Crippen LogP contribution in [0.1, 0.15) is 23.1 Å². The van der Waals surface area contributed by atoms with E-state index in [1.807, 2.05) is 78.9 Å². The molecule has 0 saturated carbocycles. The van der Waals surface area contributed by atoms with Gasteiger partial charge in [-0.25, -0.2) is 5.43 Å². The van der Waals surface area contributed by atoms with Crippen LogP contribution in [0.15, 0.2) is 84.0 Å². The molecule has 3 rings (SSSR count). The number of amides is 1. The molecule has 0 aliphatic heterocycles. The third-order valence-electron chi connectivity index (χ3n) is 4.06. The molecule has 0 saturated heterocycles. The van der Waals surface area contributed by atoms with Crippen LogP contribution in [0, 0.1) is 0 Å². The largest absolute Gasteiger partial charge is 0.489 e. The van der Waals surface area contributed by atoms with Crippen molar-refractivity contribution in [2.45, 2.75) is 19.4 Å². The van der Waals surface area contributed by atoms with Crippen LogP contribution >= 0.6 is 11.6 Å². The monoisotopic (exact) mass is 392 g/mol. The Hall–Kier alpha value is -3.11. The van der Waals surface area contributed by atoms with E-state index >= 15 is 0 Å². The first-order chi connectivity index (χ1) is 13.7. The zero-order chi connectivity index (χ0) is 19.6. The van der Waals surface area contributed by atoms with Crippen LogP contribution in [-0.2, 0) is 17.8 Å². The van der Waals surface area contributed by atoms with Gasteiger partial charge in [-0.15, -0.1) is 0 Å². The molecule has 1 amide bonds. The zero-order valence-corrected chi connectivity index (χ0v) is 16.1. The van der Waals surface area contributed by atoms with E-state index in [0.29, 0.717) is 24.5 Å². The summed E-state index contributed by atoms with van der Waals surface area (Å²) in [6.07, 6.45) is 2.69. The van der Waals surface area contributed by atoms with Crippen molar-refractivity contribution in [2.75, 3.05) is 0 Å². The number of carbonyl (C=O) groups excluding carboxylic acids is 1. The molecule has 5 heteroatoms. The van der Waals surface area contributed by atoms with Gasteiger partial charge >= 0.3 is 0 Å². The Bertz CT molecular complexity index is 925. The fourth-order valence-electron chi connectivity index (χ4n) is 2.57. The van der Waals surface area contributed by atoms with Gasteiger partial charge in [0.2, 0.25) is 5.91 Å². The maximum atomic E-state index is 11.9. The maximum absolute atomic E-state index is 11.9. The summed E-state index contributed by atoms with van der Waals surface area (Å²) in [6, 6.07) is 25.0. The lowest BCUT2D eigenvalue weighted by molar-refractivity contribution is -0.121. The van der Waals surface area contributed by atoms with Crippen LogP contribution in [0.4, 0.5) is 0 Å². The van der Waals surface area contributed by atoms with Crippen LogP contribution < -0.4 is 10.2 Å². The number of ether oxygens (including phenoxy) is 1. The first-order valence-electron chi connectivity index (χ1n) is 9.02. The Morgan fingerprint density at radius 1 is 0.964 bits per heavy atom. The van der Waals surface area contributed by atoms with Gasteiger partial charge in [-0.2, -0.15) is 5.10 Å². The number of carbonyl (C=O) groups is 1. The van der Waals surface area contributed by atoms with Gasteiger partial charge < -0.3 is 4.74 Å². The highest BCUT2D eigenvalue weighted by Crippen LogP contribution is 2.15. The second-order valence-electron chi connectivity index (χ2n) is 6.27. The molecule has 4 nitrogen and oxygen atoms in total. The Balaban J connectivity index is 1.46. The standard InChI is InChI=1S/C23H21ClN2O2/c24-21-12-9-19(10-13-21)17-28-22-8-4-7-20(15-22)16-25-26-23(27)14-11-18-5-2-1-3-6-18/h1-10,12-13,15-16H,11,14,17H2,(H,26,27)/b25-16-. The van der Waals surface area contributed by atoms with Crippen LogP contribution in [0.3, 0.4) is 0 Å². The number of halogens is 1. The molecule has 3 aromatic rings. The van der Waals surface area contributed by atoms with E-state index in [1.165, 1.54) is 0 Å². The molecule has 142 valence electrons. The van der Waals surface area contributed by atoms with Gasteiger partial charge in [-0.1, -0.05) is 66.2 Å². The summed E-state index contributed by atoms with van der Waals surface area (Å²) >= 11 is 5.89. The molecule has 0 unspecified atom stereocenters. The highest BCUT2D eigenvalue weighted by Gasteiger charge is 2.01. The summed E-state index contributed by atoms with van der Waals surface area (Å²) in [4.78, 5) is 11.9. The van der Waals surface area contributed by atoms with Gasteiger partial charge in [0.25, 0.3) is 0 Å². The van der Waals surface area contributed by atoms with Crippen molar-refractivity contribution in [3.05, 3.63) is 101 Å². The summed E-state index contributed by atoms with van der Waals surface area (Å²) in [6.45, 7) is 0.452. The van der Waals surface area contributed by atoms with E-state index < -0.39 is 0 Å². The quantitative estimate of drug-likeness (QED) is 0.433.